The maximum atomic E-state index is 12.6. The minimum Gasteiger partial charge on any atom is -0.481 e. The highest BCUT2D eigenvalue weighted by molar-refractivity contribution is 6.01. The predicted molar refractivity (Wildman–Crippen MR) is 94.0 cm³/mol. The smallest absolute Gasteiger partial charge is 0.422 e. The number of ether oxygens (including phenoxy) is 1. The number of pyridine rings is 1. The molecule has 2 heterocycles. The molecule has 0 atom stereocenters. The van der Waals surface area contributed by atoms with Crippen LogP contribution in [-0.4, -0.2) is 33.4 Å². The molecule has 0 saturated heterocycles. The fourth-order valence-electron chi connectivity index (χ4n) is 3.03. The molecule has 27 heavy (non-hydrogen) atoms. The molecule has 8 heteroatoms. The lowest BCUT2D eigenvalue weighted by Crippen LogP contribution is -2.20. The van der Waals surface area contributed by atoms with E-state index in [1.165, 1.54) is 11.6 Å². The van der Waals surface area contributed by atoms with E-state index in [1.807, 2.05) is 37.3 Å². The molecule has 0 aliphatic carbocycles. The summed E-state index contributed by atoms with van der Waals surface area (Å²) in [5, 5.41) is 9.71. The van der Waals surface area contributed by atoms with E-state index in [-0.39, 0.29) is 22.5 Å². The zero-order chi connectivity index (χ0) is 19.8. The Morgan fingerprint density at radius 3 is 2.48 bits per heavy atom. The lowest BCUT2D eigenvalue weighted by Gasteiger charge is -2.11. The first kappa shape index (κ1) is 18.8. The molecule has 0 radical (unpaired) electrons. The van der Waals surface area contributed by atoms with Gasteiger partial charge in [-0.3, -0.25) is 0 Å². The number of carboxylic acids is 1. The van der Waals surface area contributed by atoms with Gasteiger partial charge in [0.05, 0.1) is 11.1 Å². The van der Waals surface area contributed by atoms with Crippen molar-refractivity contribution in [1.29, 1.82) is 0 Å². The summed E-state index contributed by atoms with van der Waals surface area (Å²) in [7, 11) is 1.45. The lowest BCUT2D eigenvalue weighted by atomic mass is 10.0. The fraction of sp³-hybridized carbons (Fsp3) is 0.263. The topological polar surface area (TPSA) is 64.3 Å². The van der Waals surface area contributed by atoms with Gasteiger partial charge in [-0.15, -0.1) is 0 Å². The molecule has 1 aromatic carbocycles. The van der Waals surface area contributed by atoms with Gasteiger partial charge in [0.2, 0.25) is 0 Å². The lowest BCUT2D eigenvalue weighted by molar-refractivity contribution is -0.153. The number of fused-ring (bicyclic) bond motifs is 1. The Labute approximate surface area is 153 Å². The van der Waals surface area contributed by atoms with Crippen LogP contribution in [0.1, 0.15) is 23.1 Å². The van der Waals surface area contributed by atoms with Crippen molar-refractivity contribution in [2.24, 2.45) is 7.05 Å². The second-order valence-electron chi connectivity index (χ2n) is 6.02. The summed E-state index contributed by atoms with van der Waals surface area (Å²) in [4.78, 5) is 16.2. The normalized spacial score (nSPS) is 11.7. The third-order valence-corrected chi connectivity index (χ3v) is 4.20. The van der Waals surface area contributed by atoms with E-state index in [1.54, 1.807) is 6.07 Å². The predicted octanol–water partition coefficient (Wildman–Crippen LogP) is 4.44. The van der Waals surface area contributed by atoms with Crippen molar-refractivity contribution in [3.63, 3.8) is 0 Å². The molecule has 0 unspecified atom stereocenters. The van der Waals surface area contributed by atoms with Crippen molar-refractivity contribution in [3.8, 4) is 16.9 Å². The van der Waals surface area contributed by atoms with Crippen LogP contribution >= 0.6 is 0 Å². The van der Waals surface area contributed by atoms with Crippen LogP contribution in [0.4, 0.5) is 13.2 Å². The van der Waals surface area contributed by atoms with E-state index in [0.29, 0.717) is 12.1 Å². The number of halogens is 3. The number of aryl methyl sites for hydroxylation is 2. The zero-order valence-electron chi connectivity index (χ0n) is 14.7. The second-order valence-corrected chi connectivity index (χ2v) is 6.02. The van der Waals surface area contributed by atoms with Gasteiger partial charge in [-0.25, -0.2) is 9.78 Å². The van der Waals surface area contributed by atoms with E-state index in [4.69, 9.17) is 4.74 Å². The Morgan fingerprint density at radius 1 is 1.26 bits per heavy atom. The molecule has 0 fully saturated rings. The van der Waals surface area contributed by atoms with Crippen LogP contribution in [0, 0.1) is 0 Å². The minimum atomic E-state index is -4.59. The maximum Gasteiger partial charge on any atom is 0.422 e. The summed E-state index contributed by atoms with van der Waals surface area (Å²) in [6.07, 6.45) is -4.01. The molecule has 3 rings (SSSR count). The molecular formula is C19H17F3N2O3. The standard InChI is InChI=1S/C19H17F3N2O3/c1-3-14-12(11-7-5-4-6-8-11)9-13-16(27-10-19(20,21)22)15(18(25)26)24(2)17(13)23-14/h4-9H,3,10H2,1-2H3,(H,25,26). The van der Waals surface area contributed by atoms with Gasteiger partial charge in [0.1, 0.15) is 5.65 Å². The van der Waals surface area contributed by atoms with E-state index in [2.05, 4.69) is 4.98 Å². The van der Waals surface area contributed by atoms with Gasteiger partial charge in [0.15, 0.2) is 18.1 Å². The Morgan fingerprint density at radius 2 is 1.93 bits per heavy atom. The summed E-state index contributed by atoms with van der Waals surface area (Å²) in [5.41, 5.74) is 2.18. The SMILES string of the molecule is CCc1nc2c(cc1-c1ccccc1)c(OCC(F)(F)F)c(C(=O)O)n2C. The number of aromatic nitrogens is 2. The van der Waals surface area contributed by atoms with Gasteiger partial charge in [-0.1, -0.05) is 37.3 Å². The van der Waals surface area contributed by atoms with Crippen LogP contribution < -0.4 is 4.74 Å². The van der Waals surface area contributed by atoms with Crippen LogP contribution in [0.5, 0.6) is 5.75 Å². The van der Waals surface area contributed by atoms with Gasteiger partial charge >= 0.3 is 12.1 Å². The van der Waals surface area contributed by atoms with Gasteiger partial charge in [-0.2, -0.15) is 13.2 Å². The molecule has 0 amide bonds. The quantitative estimate of drug-likeness (QED) is 0.713. The highest BCUT2D eigenvalue weighted by Gasteiger charge is 2.32. The Hall–Kier alpha value is -3.03. The molecule has 0 aliphatic heterocycles. The Balaban J connectivity index is 2.28. The first-order chi connectivity index (χ1) is 12.7. The van der Waals surface area contributed by atoms with E-state index >= 15 is 0 Å². The van der Waals surface area contributed by atoms with Gasteiger partial charge < -0.3 is 14.4 Å². The summed E-state index contributed by atoms with van der Waals surface area (Å²) in [5.74, 6) is -1.71. The number of hydrogen-bond donors (Lipinski definition) is 1. The monoisotopic (exact) mass is 378 g/mol. The molecule has 3 aromatic rings. The number of benzene rings is 1. The van der Waals surface area contributed by atoms with Crippen molar-refractivity contribution in [3.05, 3.63) is 47.8 Å². The van der Waals surface area contributed by atoms with E-state index in [9.17, 15) is 23.1 Å². The van der Waals surface area contributed by atoms with E-state index in [0.717, 1.165) is 11.1 Å². The molecular weight excluding hydrogens is 361 g/mol. The zero-order valence-corrected chi connectivity index (χ0v) is 14.7. The van der Waals surface area contributed by atoms with Gasteiger partial charge in [0, 0.05) is 12.6 Å². The van der Waals surface area contributed by atoms with Crippen molar-refractivity contribution in [1.82, 2.24) is 9.55 Å². The van der Waals surface area contributed by atoms with Crippen LogP contribution in [0.2, 0.25) is 0 Å². The number of alkyl halides is 3. The summed E-state index contributed by atoms with van der Waals surface area (Å²) in [6.45, 7) is 0.325. The minimum absolute atomic E-state index is 0.232. The van der Waals surface area contributed by atoms with Gasteiger partial charge in [0.25, 0.3) is 0 Å². The molecule has 142 valence electrons. The first-order valence-corrected chi connectivity index (χ1v) is 8.23. The number of aromatic carboxylic acids is 1. The van der Waals surface area contributed by atoms with Crippen molar-refractivity contribution >= 4 is 17.0 Å². The molecule has 0 aliphatic rings. The maximum absolute atomic E-state index is 12.6. The summed E-state index contributed by atoms with van der Waals surface area (Å²) < 4.78 is 44.1. The number of carboxylic acid groups (broad SMARTS) is 1. The number of hydrogen-bond acceptors (Lipinski definition) is 3. The van der Waals surface area contributed by atoms with Crippen LogP contribution in [-0.2, 0) is 13.5 Å². The number of carbonyl (C=O) groups is 1. The van der Waals surface area contributed by atoms with Crippen LogP contribution in [0.25, 0.3) is 22.2 Å². The molecule has 1 N–H and O–H groups in total. The largest absolute Gasteiger partial charge is 0.481 e. The highest BCUT2D eigenvalue weighted by atomic mass is 19.4. The molecule has 0 bridgehead atoms. The Bertz CT molecular complexity index is 995. The number of rotatable bonds is 5. The first-order valence-electron chi connectivity index (χ1n) is 8.23. The number of nitrogens with zero attached hydrogens (tertiary/aromatic N) is 2. The third kappa shape index (κ3) is 3.60. The molecule has 0 saturated carbocycles. The molecule has 2 aromatic heterocycles. The molecule has 5 nitrogen and oxygen atoms in total. The Kier molecular flexibility index (Phi) is 4.82. The van der Waals surface area contributed by atoms with Crippen molar-refractivity contribution < 1.29 is 27.8 Å². The summed E-state index contributed by atoms with van der Waals surface area (Å²) in [6, 6.07) is 10.9. The average Bonchev–Trinajstić information content (AvgIpc) is 2.90. The summed E-state index contributed by atoms with van der Waals surface area (Å²) >= 11 is 0. The van der Waals surface area contributed by atoms with Gasteiger partial charge in [-0.05, 0) is 18.1 Å². The highest BCUT2D eigenvalue weighted by Crippen LogP contribution is 2.37. The van der Waals surface area contributed by atoms with E-state index < -0.39 is 18.8 Å². The average molecular weight is 378 g/mol. The fourth-order valence-corrected chi connectivity index (χ4v) is 3.03. The van der Waals surface area contributed by atoms with Crippen LogP contribution in [0.3, 0.4) is 0 Å². The van der Waals surface area contributed by atoms with Crippen molar-refractivity contribution in [2.45, 2.75) is 19.5 Å². The van der Waals surface area contributed by atoms with Crippen LogP contribution in [0.15, 0.2) is 36.4 Å². The third-order valence-electron chi connectivity index (χ3n) is 4.20. The molecule has 0 spiro atoms. The van der Waals surface area contributed by atoms with Crippen molar-refractivity contribution in [2.75, 3.05) is 6.61 Å². The second kappa shape index (κ2) is 6.94.